The van der Waals surface area contributed by atoms with E-state index in [1.54, 1.807) is 0 Å². The molecule has 3 atom stereocenters. The van der Waals surface area contributed by atoms with E-state index >= 15 is 0 Å². The molecule has 0 aromatic rings. The number of piperidine rings is 1. The molecule has 0 spiro atoms. The minimum atomic E-state index is -0.0351. The van der Waals surface area contributed by atoms with Gasteiger partial charge in [-0.25, -0.2) is 0 Å². The summed E-state index contributed by atoms with van der Waals surface area (Å²) < 4.78 is 0. The van der Waals surface area contributed by atoms with Gasteiger partial charge in [-0.15, -0.1) is 0 Å². The lowest BCUT2D eigenvalue weighted by atomic mass is 10.0. The normalized spacial score (nSPS) is 25.7. The molecule has 4 heteroatoms. The minimum absolute atomic E-state index is 0.0335. The van der Waals surface area contributed by atoms with Crippen LogP contribution in [0.3, 0.4) is 0 Å². The van der Waals surface area contributed by atoms with Crippen LogP contribution >= 0.6 is 0 Å². The van der Waals surface area contributed by atoms with E-state index in [9.17, 15) is 4.79 Å². The zero-order valence-electron chi connectivity index (χ0n) is 9.62. The summed E-state index contributed by atoms with van der Waals surface area (Å²) in [5.41, 5.74) is 0. The molecule has 0 radical (unpaired) electrons. The lowest BCUT2D eigenvalue weighted by Crippen LogP contribution is -2.50. The average Bonchev–Trinajstić information content (AvgIpc) is 2.29. The molecule has 15 heavy (non-hydrogen) atoms. The Kier molecular flexibility index (Phi) is 5.05. The molecule has 4 nitrogen and oxygen atoms in total. The fourth-order valence-corrected chi connectivity index (χ4v) is 1.70. The highest BCUT2D eigenvalue weighted by atomic mass is 16.3. The Bertz CT molecular complexity index is 203. The van der Waals surface area contributed by atoms with Crippen molar-refractivity contribution in [2.24, 2.45) is 5.92 Å². The molecule has 0 aromatic heterocycles. The van der Waals surface area contributed by atoms with E-state index < -0.39 is 0 Å². The van der Waals surface area contributed by atoms with Crippen molar-refractivity contribution >= 4 is 5.91 Å². The lowest BCUT2D eigenvalue weighted by molar-refractivity contribution is -0.124. The highest BCUT2D eigenvalue weighted by Gasteiger charge is 2.22. The molecule has 1 heterocycles. The first-order valence-electron chi connectivity index (χ1n) is 5.79. The summed E-state index contributed by atoms with van der Waals surface area (Å²) in [6.07, 6.45) is 3.20. The Balaban J connectivity index is 2.33. The molecule has 1 rings (SSSR count). The monoisotopic (exact) mass is 214 g/mol. The maximum absolute atomic E-state index is 11.8. The third-order valence-electron chi connectivity index (χ3n) is 3.14. The van der Waals surface area contributed by atoms with Crippen LogP contribution in [-0.2, 0) is 4.79 Å². The molecule has 1 saturated heterocycles. The number of aliphatic hydroxyl groups is 1. The number of aliphatic hydroxyl groups excluding tert-OH is 1. The largest absolute Gasteiger partial charge is 0.396 e. The first-order chi connectivity index (χ1) is 7.15. The number of nitrogens with one attached hydrogen (secondary N) is 2. The first kappa shape index (κ1) is 12.5. The van der Waals surface area contributed by atoms with Gasteiger partial charge in [0, 0.05) is 12.6 Å². The van der Waals surface area contributed by atoms with Crippen LogP contribution in [-0.4, -0.2) is 36.2 Å². The SMILES string of the molecule is CC(CO)C(C)NC(=O)C1CCCCN1. The van der Waals surface area contributed by atoms with Gasteiger partial charge in [0.1, 0.15) is 0 Å². The van der Waals surface area contributed by atoms with Crippen molar-refractivity contribution in [2.45, 2.75) is 45.2 Å². The van der Waals surface area contributed by atoms with Crippen LogP contribution in [0.25, 0.3) is 0 Å². The summed E-state index contributed by atoms with van der Waals surface area (Å²) in [4.78, 5) is 11.8. The summed E-state index contributed by atoms with van der Waals surface area (Å²) in [6, 6.07) is -0.00156. The van der Waals surface area contributed by atoms with Gasteiger partial charge in [-0.2, -0.15) is 0 Å². The number of hydrogen-bond donors (Lipinski definition) is 3. The second-order valence-electron chi connectivity index (χ2n) is 4.46. The lowest BCUT2D eigenvalue weighted by Gasteiger charge is -2.26. The first-order valence-corrected chi connectivity index (χ1v) is 5.79. The summed E-state index contributed by atoms with van der Waals surface area (Å²) in [6.45, 7) is 4.91. The molecule has 1 aliphatic rings. The smallest absolute Gasteiger partial charge is 0.237 e. The second-order valence-corrected chi connectivity index (χ2v) is 4.46. The maximum atomic E-state index is 11.8. The third kappa shape index (κ3) is 3.80. The van der Waals surface area contributed by atoms with Gasteiger partial charge in [0.2, 0.25) is 5.91 Å². The van der Waals surface area contributed by atoms with Crippen molar-refractivity contribution in [1.29, 1.82) is 0 Å². The topological polar surface area (TPSA) is 61.4 Å². The Labute approximate surface area is 91.4 Å². The predicted octanol–water partition coefficient (Wildman–Crippen LogP) is 0.262. The molecule has 1 amide bonds. The molecule has 0 aliphatic carbocycles. The molecular weight excluding hydrogens is 192 g/mol. The standard InChI is InChI=1S/C11H22N2O2/c1-8(7-14)9(2)13-11(15)10-5-3-4-6-12-10/h8-10,12,14H,3-7H2,1-2H3,(H,13,15). The fraction of sp³-hybridized carbons (Fsp3) is 0.909. The van der Waals surface area contributed by atoms with E-state index in [0.29, 0.717) is 0 Å². The maximum Gasteiger partial charge on any atom is 0.237 e. The summed E-state index contributed by atoms with van der Waals surface area (Å²) in [5, 5.41) is 15.1. The van der Waals surface area contributed by atoms with Crippen LogP contribution in [0.1, 0.15) is 33.1 Å². The Morgan fingerprint density at radius 2 is 2.27 bits per heavy atom. The fourth-order valence-electron chi connectivity index (χ4n) is 1.70. The molecule has 0 bridgehead atoms. The molecule has 3 N–H and O–H groups in total. The summed E-state index contributed by atoms with van der Waals surface area (Å²) >= 11 is 0. The van der Waals surface area contributed by atoms with Crippen molar-refractivity contribution in [3.8, 4) is 0 Å². The third-order valence-corrected chi connectivity index (χ3v) is 3.14. The van der Waals surface area contributed by atoms with Crippen LogP contribution in [0, 0.1) is 5.92 Å². The average molecular weight is 214 g/mol. The zero-order chi connectivity index (χ0) is 11.3. The van der Waals surface area contributed by atoms with Crippen molar-refractivity contribution in [3.63, 3.8) is 0 Å². The Hall–Kier alpha value is -0.610. The molecule has 1 fully saturated rings. The number of amides is 1. The van der Waals surface area contributed by atoms with E-state index in [1.165, 1.54) is 0 Å². The minimum Gasteiger partial charge on any atom is -0.396 e. The van der Waals surface area contributed by atoms with Gasteiger partial charge in [0.25, 0.3) is 0 Å². The molecule has 1 aliphatic heterocycles. The Morgan fingerprint density at radius 1 is 1.53 bits per heavy atom. The van der Waals surface area contributed by atoms with Gasteiger partial charge >= 0.3 is 0 Å². The van der Waals surface area contributed by atoms with Crippen molar-refractivity contribution in [3.05, 3.63) is 0 Å². The Morgan fingerprint density at radius 3 is 2.80 bits per heavy atom. The van der Waals surface area contributed by atoms with E-state index in [2.05, 4.69) is 10.6 Å². The summed E-state index contributed by atoms with van der Waals surface area (Å²) in [5.74, 6) is 0.181. The van der Waals surface area contributed by atoms with Crippen LogP contribution in [0.4, 0.5) is 0 Å². The van der Waals surface area contributed by atoms with Gasteiger partial charge in [-0.1, -0.05) is 13.3 Å². The number of rotatable bonds is 4. The van der Waals surface area contributed by atoms with Crippen molar-refractivity contribution < 1.29 is 9.90 Å². The zero-order valence-corrected chi connectivity index (χ0v) is 9.62. The van der Waals surface area contributed by atoms with Crippen molar-refractivity contribution in [1.82, 2.24) is 10.6 Å². The van der Waals surface area contributed by atoms with E-state index in [4.69, 9.17) is 5.11 Å². The van der Waals surface area contributed by atoms with E-state index in [1.807, 2.05) is 13.8 Å². The van der Waals surface area contributed by atoms with Gasteiger partial charge < -0.3 is 15.7 Å². The van der Waals surface area contributed by atoms with E-state index in [-0.39, 0.29) is 30.5 Å². The molecule has 88 valence electrons. The van der Waals surface area contributed by atoms with Gasteiger partial charge in [0.05, 0.1) is 6.04 Å². The quantitative estimate of drug-likeness (QED) is 0.629. The van der Waals surface area contributed by atoms with Crippen LogP contribution in [0.5, 0.6) is 0 Å². The van der Waals surface area contributed by atoms with E-state index in [0.717, 1.165) is 25.8 Å². The molecule has 0 saturated carbocycles. The highest BCUT2D eigenvalue weighted by Crippen LogP contribution is 2.08. The van der Waals surface area contributed by atoms with Crippen molar-refractivity contribution in [2.75, 3.05) is 13.2 Å². The highest BCUT2D eigenvalue weighted by molar-refractivity contribution is 5.82. The summed E-state index contributed by atoms with van der Waals surface area (Å²) in [7, 11) is 0. The van der Waals surface area contributed by atoms with Crippen LogP contribution < -0.4 is 10.6 Å². The van der Waals surface area contributed by atoms with Gasteiger partial charge in [0.15, 0.2) is 0 Å². The molecular formula is C11H22N2O2. The molecule has 3 unspecified atom stereocenters. The number of carbonyl (C=O) groups is 1. The van der Waals surface area contributed by atoms with Crippen LogP contribution in [0.2, 0.25) is 0 Å². The number of carbonyl (C=O) groups excluding carboxylic acids is 1. The number of hydrogen-bond acceptors (Lipinski definition) is 3. The molecule has 0 aromatic carbocycles. The second kappa shape index (κ2) is 6.08. The van der Waals surface area contributed by atoms with Gasteiger partial charge in [-0.05, 0) is 32.2 Å². The van der Waals surface area contributed by atoms with Crippen LogP contribution in [0.15, 0.2) is 0 Å². The predicted molar refractivity (Wildman–Crippen MR) is 59.5 cm³/mol. The van der Waals surface area contributed by atoms with Gasteiger partial charge in [-0.3, -0.25) is 4.79 Å².